The van der Waals surface area contributed by atoms with E-state index in [1.165, 1.54) is 0 Å². The third kappa shape index (κ3) is 3.16. The molecule has 7 nitrogen and oxygen atoms in total. The summed E-state index contributed by atoms with van der Waals surface area (Å²) in [7, 11) is 0. The largest absolute Gasteiger partial charge is 0.398 e. The normalized spacial score (nSPS) is 15.9. The van der Waals surface area contributed by atoms with Gasteiger partial charge in [-0.2, -0.15) is 0 Å². The molecule has 3 aromatic heterocycles. The number of hydrogen-bond donors (Lipinski definition) is 1. The van der Waals surface area contributed by atoms with Crippen molar-refractivity contribution in [3.05, 3.63) is 48.7 Å². The van der Waals surface area contributed by atoms with E-state index in [-0.39, 0.29) is 0 Å². The van der Waals surface area contributed by atoms with Gasteiger partial charge < -0.3 is 15.0 Å². The lowest BCUT2D eigenvalue weighted by molar-refractivity contribution is 0.259. The first-order valence-electron chi connectivity index (χ1n) is 8.25. The summed E-state index contributed by atoms with van der Waals surface area (Å²) in [5.41, 5.74) is 8.62. The molecule has 2 N–H and O–H groups in total. The van der Waals surface area contributed by atoms with Gasteiger partial charge in [0, 0.05) is 69.6 Å². The van der Waals surface area contributed by atoms with E-state index in [0.29, 0.717) is 0 Å². The second-order valence-corrected chi connectivity index (χ2v) is 6.09. The molecule has 124 valence electrons. The molecule has 1 aliphatic heterocycles. The Hall–Kier alpha value is -2.67. The highest BCUT2D eigenvalue weighted by Crippen LogP contribution is 2.12. The number of anilines is 2. The van der Waals surface area contributed by atoms with Crippen LogP contribution in [0, 0.1) is 0 Å². The highest BCUT2D eigenvalue weighted by atomic mass is 15.3. The zero-order valence-electron chi connectivity index (χ0n) is 13.5. The fourth-order valence-electron chi connectivity index (χ4n) is 3.08. The minimum atomic E-state index is 0.755. The molecule has 4 rings (SSSR count). The maximum atomic E-state index is 5.81. The molecule has 0 aliphatic carbocycles. The van der Waals surface area contributed by atoms with E-state index in [0.717, 1.165) is 62.1 Å². The Morgan fingerprint density at radius 2 is 1.79 bits per heavy atom. The van der Waals surface area contributed by atoms with Gasteiger partial charge in [0.05, 0.1) is 5.69 Å². The van der Waals surface area contributed by atoms with E-state index < -0.39 is 0 Å². The Morgan fingerprint density at radius 3 is 2.58 bits per heavy atom. The molecule has 0 bridgehead atoms. The van der Waals surface area contributed by atoms with Crippen molar-refractivity contribution in [3.63, 3.8) is 0 Å². The van der Waals surface area contributed by atoms with Gasteiger partial charge in [-0.3, -0.25) is 4.90 Å². The van der Waals surface area contributed by atoms with Crippen LogP contribution in [-0.2, 0) is 6.42 Å². The molecule has 0 aromatic carbocycles. The van der Waals surface area contributed by atoms with Gasteiger partial charge in [0.25, 0.3) is 0 Å². The lowest BCUT2D eigenvalue weighted by Crippen LogP contribution is -2.47. The summed E-state index contributed by atoms with van der Waals surface area (Å²) in [6, 6.07) is 5.69. The number of nitrogens with two attached hydrogens (primary N) is 1. The summed E-state index contributed by atoms with van der Waals surface area (Å²) in [5, 5.41) is 0. The molecule has 3 aromatic rings. The van der Waals surface area contributed by atoms with E-state index in [1.807, 2.05) is 28.8 Å². The number of nitrogens with zero attached hydrogens (tertiary/aromatic N) is 6. The van der Waals surface area contributed by atoms with Gasteiger partial charge in [-0.25, -0.2) is 15.0 Å². The first-order chi connectivity index (χ1) is 11.8. The third-order valence-electron chi connectivity index (χ3n) is 4.42. The first kappa shape index (κ1) is 14.9. The molecule has 4 heterocycles. The predicted molar refractivity (Wildman–Crippen MR) is 94.0 cm³/mol. The summed E-state index contributed by atoms with van der Waals surface area (Å²) in [6.07, 6.45) is 8.52. The molecule has 24 heavy (non-hydrogen) atoms. The quantitative estimate of drug-likeness (QED) is 0.774. The van der Waals surface area contributed by atoms with E-state index >= 15 is 0 Å². The number of nitrogen functional groups attached to an aromatic ring is 1. The zero-order valence-corrected chi connectivity index (χ0v) is 13.5. The lowest BCUT2D eigenvalue weighted by atomic mass is 10.2. The van der Waals surface area contributed by atoms with Gasteiger partial charge in [-0.15, -0.1) is 0 Å². The molecular weight excluding hydrogens is 302 g/mol. The average molecular weight is 323 g/mol. The fraction of sp³-hybridized carbons (Fsp3) is 0.353. The minimum absolute atomic E-state index is 0.755. The Kier molecular flexibility index (Phi) is 4.00. The molecule has 0 saturated carbocycles. The molecule has 1 aliphatic rings. The van der Waals surface area contributed by atoms with E-state index in [1.54, 1.807) is 12.4 Å². The van der Waals surface area contributed by atoms with Crippen LogP contribution in [0.2, 0.25) is 0 Å². The van der Waals surface area contributed by atoms with Crippen molar-refractivity contribution < 1.29 is 0 Å². The Bertz CT molecular complexity index is 806. The average Bonchev–Trinajstić information content (AvgIpc) is 3.03. The highest BCUT2D eigenvalue weighted by molar-refractivity contribution is 5.48. The number of rotatable bonds is 4. The number of aromatic nitrogens is 4. The van der Waals surface area contributed by atoms with Gasteiger partial charge in [0.1, 0.15) is 5.65 Å². The second kappa shape index (κ2) is 6.45. The summed E-state index contributed by atoms with van der Waals surface area (Å²) < 4.78 is 2.00. The SMILES string of the molecule is Nc1ccc2nc(CCN3CCN(c4ncccn4)CC3)cn2c1. The van der Waals surface area contributed by atoms with Crippen molar-refractivity contribution in [1.82, 2.24) is 24.3 Å². The number of hydrogen-bond acceptors (Lipinski definition) is 6. The minimum Gasteiger partial charge on any atom is -0.398 e. The Labute approximate surface area is 140 Å². The number of pyridine rings is 1. The van der Waals surface area contributed by atoms with E-state index in [9.17, 15) is 0 Å². The summed E-state index contributed by atoms with van der Waals surface area (Å²) in [5.74, 6) is 0.829. The van der Waals surface area contributed by atoms with Crippen molar-refractivity contribution in [2.75, 3.05) is 43.4 Å². The highest BCUT2D eigenvalue weighted by Gasteiger charge is 2.18. The molecule has 1 saturated heterocycles. The van der Waals surface area contributed by atoms with Crippen LogP contribution in [0.5, 0.6) is 0 Å². The Balaban J connectivity index is 1.32. The molecular formula is C17H21N7. The monoisotopic (exact) mass is 323 g/mol. The third-order valence-corrected chi connectivity index (χ3v) is 4.42. The van der Waals surface area contributed by atoms with Crippen LogP contribution in [0.3, 0.4) is 0 Å². The van der Waals surface area contributed by atoms with Crippen LogP contribution in [-0.4, -0.2) is 57.0 Å². The van der Waals surface area contributed by atoms with Crippen LogP contribution in [0.1, 0.15) is 5.69 Å². The number of piperazine rings is 1. The van der Waals surface area contributed by atoms with Gasteiger partial charge in [-0.1, -0.05) is 0 Å². The predicted octanol–water partition coefficient (Wildman–Crippen LogP) is 1.07. The summed E-state index contributed by atoms with van der Waals surface area (Å²) >= 11 is 0. The fourth-order valence-corrected chi connectivity index (χ4v) is 3.08. The molecule has 0 spiro atoms. The molecule has 0 radical (unpaired) electrons. The Morgan fingerprint density at radius 1 is 1.00 bits per heavy atom. The van der Waals surface area contributed by atoms with Gasteiger partial charge in [0.2, 0.25) is 5.95 Å². The van der Waals surface area contributed by atoms with Gasteiger partial charge in [0.15, 0.2) is 0 Å². The summed E-state index contributed by atoms with van der Waals surface area (Å²) in [4.78, 5) is 18.0. The van der Waals surface area contributed by atoms with Crippen LogP contribution in [0.15, 0.2) is 43.0 Å². The van der Waals surface area contributed by atoms with Gasteiger partial charge in [-0.05, 0) is 18.2 Å². The van der Waals surface area contributed by atoms with Gasteiger partial charge >= 0.3 is 0 Å². The number of fused-ring (bicyclic) bond motifs is 1. The van der Waals surface area contributed by atoms with Crippen molar-refractivity contribution in [2.45, 2.75) is 6.42 Å². The van der Waals surface area contributed by atoms with Crippen LogP contribution in [0.4, 0.5) is 11.6 Å². The van der Waals surface area contributed by atoms with Crippen LogP contribution in [0.25, 0.3) is 5.65 Å². The molecule has 0 atom stereocenters. The smallest absolute Gasteiger partial charge is 0.225 e. The zero-order chi connectivity index (χ0) is 16.4. The van der Waals surface area contributed by atoms with Crippen molar-refractivity contribution in [2.24, 2.45) is 0 Å². The first-order valence-corrected chi connectivity index (χ1v) is 8.25. The van der Waals surface area contributed by atoms with Crippen molar-refractivity contribution in [3.8, 4) is 0 Å². The second-order valence-electron chi connectivity index (χ2n) is 6.09. The maximum absolute atomic E-state index is 5.81. The molecule has 1 fully saturated rings. The molecule has 0 unspecified atom stereocenters. The topological polar surface area (TPSA) is 75.6 Å². The maximum Gasteiger partial charge on any atom is 0.225 e. The molecule has 0 amide bonds. The van der Waals surface area contributed by atoms with E-state index in [2.05, 4.69) is 30.9 Å². The summed E-state index contributed by atoms with van der Waals surface area (Å²) in [6.45, 7) is 5.00. The van der Waals surface area contributed by atoms with E-state index in [4.69, 9.17) is 5.73 Å². The molecule has 7 heteroatoms. The standard InChI is InChI=1S/C17H21N7/c18-14-2-3-16-21-15(13-24(16)12-14)4-7-22-8-10-23(11-9-22)17-19-5-1-6-20-17/h1-3,5-6,12-13H,4,7-11,18H2. The number of imidazole rings is 1. The lowest BCUT2D eigenvalue weighted by Gasteiger charge is -2.34. The van der Waals surface area contributed by atoms with Crippen LogP contribution < -0.4 is 10.6 Å². The van der Waals surface area contributed by atoms with Crippen LogP contribution >= 0.6 is 0 Å². The van der Waals surface area contributed by atoms with Crippen molar-refractivity contribution >= 4 is 17.3 Å². The van der Waals surface area contributed by atoms with Crippen molar-refractivity contribution in [1.29, 1.82) is 0 Å².